The number of piperazine rings is 1. The lowest BCUT2D eigenvalue weighted by Gasteiger charge is -2.39. The molecule has 9 rings (SSSR count). The standard InChI is InChI=1S/C46H50ClN9O7S/c1-46(2)14-12-32(38(25-46)30-4-6-33(47)7-5-30)27-53-16-18-54(19-17-53)34-8-10-37(40(23-34)55-41-22-31-13-15-48-44(31)50-39(41)26-49-55)45(57)51-64(60,61)36-9-11-43(42(24-36)56(58)59)63-29-35-28-52(3)20-21-62-35/h4-11,13,15,22-24,26,35H,12,14,16-21,25,27-29H2,1-3H3,(H,48,50)(H,51,57)/t35-/m1/s1. The molecule has 16 nitrogen and oxygen atoms in total. The van der Waals surface area contributed by atoms with Crippen molar-refractivity contribution in [1.29, 1.82) is 0 Å². The van der Waals surface area contributed by atoms with Gasteiger partial charge in [-0.25, -0.2) is 22.8 Å². The molecule has 18 heteroatoms. The Morgan fingerprint density at radius 3 is 2.61 bits per heavy atom. The van der Waals surface area contributed by atoms with Crippen LogP contribution in [-0.4, -0.2) is 121 Å². The van der Waals surface area contributed by atoms with Crippen LogP contribution in [-0.2, 0) is 14.8 Å². The zero-order valence-corrected chi connectivity index (χ0v) is 37.5. The van der Waals surface area contributed by atoms with Gasteiger partial charge in [-0.15, -0.1) is 0 Å². The number of amides is 1. The number of fused-ring (bicyclic) bond motifs is 2. The number of sulfonamides is 1. The number of aromatic amines is 1. The molecule has 2 N–H and O–H groups in total. The average molecular weight is 908 g/mol. The van der Waals surface area contributed by atoms with Gasteiger partial charge >= 0.3 is 5.69 Å². The van der Waals surface area contributed by atoms with E-state index in [1.165, 1.54) is 28.8 Å². The Kier molecular flexibility index (Phi) is 11.9. The van der Waals surface area contributed by atoms with Gasteiger partial charge in [-0.05, 0) is 97.5 Å². The Morgan fingerprint density at radius 1 is 1.05 bits per heavy atom. The number of benzene rings is 3. The minimum Gasteiger partial charge on any atom is -0.484 e. The molecule has 1 aliphatic carbocycles. The largest absolute Gasteiger partial charge is 0.484 e. The Labute approximate surface area is 376 Å². The fourth-order valence-corrected chi connectivity index (χ4v) is 10.0. The molecule has 0 radical (unpaired) electrons. The summed E-state index contributed by atoms with van der Waals surface area (Å²) >= 11 is 6.26. The number of halogens is 1. The summed E-state index contributed by atoms with van der Waals surface area (Å²) in [6.07, 6.45) is 6.26. The van der Waals surface area contributed by atoms with Gasteiger partial charge < -0.3 is 24.3 Å². The molecule has 1 amide bonds. The van der Waals surface area contributed by atoms with Gasteiger partial charge in [0.15, 0.2) is 5.75 Å². The van der Waals surface area contributed by atoms with Crippen LogP contribution in [0.4, 0.5) is 11.4 Å². The molecule has 0 saturated carbocycles. The number of carbonyl (C=O) groups excluding carboxylic acids is 1. The SMILES string of the molecule is CN1CCO[C@@H](COc2ccc(S(=O)(=O)NC(=O)c3ccc(N4CCN(CC5=C(c6ccc(Cl)cc6)CC(C)(C)CC5)CC4)cc3-n3ncc4nc5[nH]ccc5cc43)cc2[N+](=O)[O-])C1. The highest BCUT2D eigenvalue weighted by atomic mass is 35.5. The molecule has 5 heterocycles. The first-order chi connectivity index (χ1) is 30.7. The minimum atomic E-state index is -4.61. The van der Waals surface area contributed by atoms with Crippen molar-refractivity contribution in [1.82, 2.24) is 34.3 Å². The number of anilines is 1. The second-order valence-corrected chi connectivity index (χ2v) is 19.8. The maximum Gasteiger partial charge on any atom is 0.312 e. The number of aromatic nitrogens is 4. The van der Waals surface area contributed by atoms with Crippen LogP contribution in [0.1, 0.15) is 49.0 Å². The first-order valence-electron chi connectivity index (χ1n) is 21.4. The van der Waals surface area contributed by atoms with Gasteiger partial charge in [-0.2, -0.15) is 5.10 Å². The molecular weight excluding hydrogens is 858 g/mol. The molecule has 0 bridgehead atoms. The summed E-state index contributed by atoms with van der Waals surface area (Å²) in [5.41, 5.74) is 6.83. The van der Waals surface area contributed by atoms with Crippen LogP contribution in [0.2, 0.25) is 5.02 Å². The third kappa shape index (κ3) is 9.21. The van der Waals surface area contributed by atoms with E-state index in [4.69, 9.17) is 26.1 Å². The first kappa shape index (κ1) is 43.4. The van der Waals surface area contributed by atoms with Crippen molar-refractivity contribution in [2.24, 2.45) is 5.41 Å². The second kappa shape index (κ2) is 17.6. The molecule has 3 aromatic carbocycles. The summed E-state index contributed by atoms with van der Waals surface area (Å²) in [5.74, 6) is -1.05. The number of rotatable bonds is 12. The lowest BCUT2D eigenvalue weighted by molar-refractivity contribution is -0.386. The molecule has 3 aromatic heterocycles. The monoisotopic (exact) mass is 907 g/mol. The molecule has 64 heavy (non-hydrogen) atoms. The minimum absolute atomic E-state index is 0.0268. The van der Waals surface area contributed by atoms with E-state index < -0.39 is 31.4 Å². The van der Waals surface area contributed by atoms with E-state index in [2.05, 4.69) is 55.5 Å². The normalized spacial score (nSPS) is 18.8. The van der Waals surface area contributed by atoms with Crippen LogP contribution < -0.4 is 14.4 Å². The number of allylic oxidation sites excluding steroid dienone is 1. The van der Waals surface area contributed by atoms with E-state index in [0.717, 1.165) is 80.7 Å². The smallest absolute Gasteiger partial charge is 0.312 e. The highest BCUT2D eigenvalue weighted by Gasteiger charge is 2.31. The maximum atomic E-state index is 14.2. The predicted molar refractivity (Wildman–Crippen MR) is 246 cm³/mol. The van der Waals surface area contributed by atoms with Gasteiger partial charge in [0.1, 0.15) is 23.9 Å². The van der Waals surface area contributed by atoms with Crippen LogP contribution in [0.15, 0.2) is 95.7 Å². The Bertz CT molecular complexity index is 2890. The van der Waals surface area contributed by atoms with E-state index >= 15 is 0 Å². The molecule has 2 saturated heterocycles. The van der Waals surface area contributed by atoms with Crippen LogP contribution in [0.25, 0.3) is 33.3 Å². The Hall–Kier alpha value is -5.85. The quantitative estimate of drug-likeness (QED) is 0.0943. The zero-order chi connectivity index (χ0) is 44.8. The molecule has 0 spiro atoms. The number of hydrogen-bond acceptors (Lipinski definition) is 12. The molecule has 1 atom stereocenters. The number of H-pyrrole nitrogens is 1. The number of nitro groups is 1. The van der Waals surface area contributed by atoms with Gasteiger partial charge in [-0.3, -0.25) is 19.8 Å². The predicted octanol–water partition coefficient (Wildman–Crippen LogP) is 7.08. The van der Waals surface area contributed by atoms with Crippen LogP contribution in [0.5, 0.6) is 5.75 Å². The number of carbonyl (C=O) groups is 1. The van der Waals surface area contributed by atoms with Crippen molar-refractivity contribution in [3.05, 3.63) is 117 Å². The number of likely N-dealkylation sites (N-methyl/N-ethyl adjacent to an activating group) is 1. The lowest BCUT2D eigenvalue weighted by atomic mass is 9.72. The summed E-state index contributed by atoms with van der Waals surface area (Å²) in [7, 11) is -2.67. The molecule has 0 unspecified atom stereocenters. The summed E-state index contributed by atoms with van der Waals surface area (Å²) < 4.78 is 42.9. The summed E-state index contributed by atoms with van der Waals surface area (Å²) in [4.78, 5) is 39.8. The van der Waals surface area contributed by atoms with Crippen molar-refractivity contribution in [3.63, 3.8) is 0 Å². The van der Waals surface area contributed by atoms with Crippen LogP contribution in [0.3, 0.4) is 0 Å². The van der Waals surface area contributed by atoms with Crippen molar-refractivity contribution >= 4 is 66.5 Å². The van der Waals surface area contributed by atoms with E-state index in [1.54, 1.807) is 23.1 Å². The van der Waals surface area contributed by atoms with Gasteiger partial charge in [0.2, 0.25) is 0 Å². The lowest BCUT2D eigenvalue weighted by Crippen LogP contribution is -2.47. The number of hydrogen-bond donors (Lipinski definition) is 2. The fourth-order valence-electron chi connectivity index (χ4n) is 8.91. The summed E-state index contributed by atoms with van der Waals surface area (Å²) in [5, 5.41) is 18.3. The van der Waals surface area contributed by atoms with Crippen LogP contribution >= 0.6 is 11.6 Å². The number of ether oxygens (including phenoxy) is 2. The maximum absolute atomic E-state index is 14.2. The fraction of sp³-hybridized carbons (Fsp3) is 0.370. The van der Waals surface area contributed by atoms with Gasteiger partial charge in [-0.1, -0.05) is 43.2 Å². The molecule has 334 valence electrons. The second-order valence-electron chi connectivity index (χ2n) is 17.6. The third-order valence-electron chi connectivity index (χ3n) is 12.5. The van der Waals surface area contributed by atoms with E-state index in [0.29, 0.717) is 35.5 Å². The topological polar surface area (TPSA) is 181 Å². The van der Waals surface area contributed by atoms with Crippen molar-refractivity contribution in [3.8, 4) is 11.4 Å². The number of morpholine rings is 1. The summed E-state index contributed by atoms with van der Waals surface area (Å²) in [6, 6.07) is 20.5. The first-order valence-corrected chi connectivity index (χ1v) is 23.2. The van der Waals surface area contributed by atoms with Crippen molar-refractivity contribution in [2.75, 3.05) is 71.0 Å². The van der Waals surface area contributed by atoms with Crippen molar-refractivity contribution < 1.29 is 27.6 Å². The van der Waals surface area contributed by atoms with Crippen LogP contribution in [0, 0.1) is 15.5 Å². The van der Waals surface area contributed by atoms with E-state index in [9.17, 15) is 23.3 Å². The molecule has 3 aliphatic rings. The molecule has 2 fully saturated rings. The molecule has 2 aliphatic heterocycles. The van der Waals surface area contributed by atoms with E-state index in [-0.39, 0.29) is 29.4 Å². The van der Waals surface area contributed by atoms with E-state index in [1.807, 2.05) is 43.4 Å². The highest BCUT2D eigenvalue weighted by molar-refractivity contribution is 7.90. The Morgan fingerprint density at radius 2 is 1.84 bits per heavy atom. The van der Waals surface area contributed by atoms with Crippen molar-refractivity contribution in [2.45, 2.75) is 44.1 Å². The van der Waals surface area contributed by atoms with Gasteiger partial charge in [0.25, 0.3) is 15.9 Å². The Balaban J connectivity index is 0.972. The zero-order valence-electron chi connectivity index (χ0n) is 35.9. The molecular formula is C46H50ClN9O7S. The third-order valence-corrected chi connectivity index (χ3v) is 14.1. The highest BCUT2D eigenvalue weighted by Crippen LogP contribution is 2.43. The number of nitrogens with zero attached hydrogens (tertiary/aromatic N) is 7. The van der Waals surface area contributed by atoms with Gasteiger partial charge in [0.05, 0.1) is 39.4 Å². The number of nitrogens with one attached hydrogen (secondary N) is 2. The van der Waals surface area contributed by atoms with Gasteiger partial charge in [0, 0.05) is 74.2 Å². The summed E-state index contributed by atoms with van der Waals surface area (Å²) in [6.45, 7) is 10.5. The number of nitro benzene ring substituents is 1. The number of pyridine rings is 1. The molecule has 6 aromatic rings. The average Bonchev–Trinajstić information content (AvgIpc) is 3.92.